The second kappa shape index (κ2) is 11.6. The van der Waals surface area contributed by atoms with Crippen molar-refractivity contribution in [2.45, 2.75) is 24.5 Å². The molecule has 9 heteroatoms. The van der Waals surface area contributed by atoms with E-state index in [9.17, 15) is 14.4 Å². The van der Waals surface area contributed by atoms with E-state index in [0.717, 1.165) is 22.3 Å². The molecule has 1 aliphatic carbocycles. The largest absolute Gasteiger partial charge is 0.481 e. The summed E-state index contributed by atoms with van der Waals surface area (Å²) in [6, 6.07) is 15.2. The van der Waals surface area contributed by atoms with Crippen molar-refractivity contribution in [3.63, 3.8) is 0 Å². The summed E-state index contributed by atoms with van der Waals surface area (Å²) in [6.07, 6.45) is -1.61. The van der Waals surface area contributed by atoms with Crippen LogP contribution in [0, 0.1) is 0 Å². The normalized spacial score (nSPS) is 14.1. The number of amides is 2. The van der Waals surface area contributed by atoms with Gasteiger partial charge in [-0.15, -0.1) is 0 Å². The number of carboxylic acids is 1. The number of nitrogens with zero attached hydrogens (tertiary/aromatic N) is 1. The summed E-state index contributed by atoms with van der Waals surface area (Å²) in [7, 11) is 4.94. The minimum absolute atomic E-state index is 0.0118. The lowest BCUT2D eigenvalue weighted by Gasteiger charge is -2.23. The number of rotatable bonds is 11. The third-order valence-corrected chi connectivity index (χ3v) is 5.74. The lowest BCUT2D eigenvalue weighted by Crippen LogP contribution is -2.53. The number of ether oxygens (including phenoxy) is 2. The van der Waals surface area contributed by atoms with Crippen LogP contribution in [0.4, 0.5) is 4.79 Å². The third-order valence-electron chi connectivity index (χ3n) is 5.74. The van der Waals surface area contributed by atoms with Crippen molar-refractivity contribution < 1.29 is 29.0 Å². The van der Waals surface area contributed by atoms with Crippen LogP contribution in [0.3, 0.4) is 0 Å². The SMILES string of the molecule is COC(CNC(=O)C(CN(C)C)NC(=O)OCC1c2ccccc2-c2ccccc21)CC(=O)O. The molecule has 0 aromatic heterocycles. The second-order valence-corrected chi connectivity index (χ2v) is 8.49. The number of carbonyl (C=O) groups excluding carboxylic acids is 2. The van der Waals surface area contributed by atoms with Gasteiger partial charge in [-0.05, 0) is 36.3 Å². The maximum absolute atomic E-state index is 12.7. The minimum Gasteiger partial charge on any atom is -0.481 e. The van der Waals surface area contributed by atoms with Gasteiger partial charge >= 0.3 is 12.1 Å². The van der Waals surface area contributed by atoms with E-state index in [-0.39, 0.29) is 32.0 Å². The molecule has 2 aromatic rings. The fraction of sp³-hybridized carbons (Fsp3) is 0.400. The Balaban J connectivity index is 1.61. The Hall–Kier alpha value is -3.43. The van der Waals surface area contributed by atoms with Crippen LogP contribution in [-0.4, -0.2) is 81.0 Å². The lowest BCUT2D eigenvalue weighted by molar-refractivity contribution is -0.140. The molecule has 2 unspecified atom stereocenters. The molecule has 0 fully saturated rings. The number of benzene rings is 2. The molecule has 0 aliphatic heterocycles. The molecule has 2 aromatic carbocycles. The molecular weight excluding hydrogens is 438 g/mol. The molecular formula is C25H31N3O6. The Morgan fingerprint density at radius 2 is 1.62 bits per heavy atom. The van der Waals surface area contributed by atoms with Crippen LogP contribution >= 0.6 is 0 Å². The number of methoxy groups -OCH3 is 1. The molecule has 0 saturated heterocycles. The standard InChI is InChI=1S/C25H31N3O6/c1-28(2)14-22(24(31)26-13-16(33-3)12-23(29)30)27-25(32)34-15-21-19-10-6-4-8-17(19)18-9-5-7-11-20(18)21/h4-11,16,21-22H,12-15H2,1-3H3,(H,26,31)(H,27,32)(H,29,30). The highest BCUT2D eigenvalue weighted by molar-refractivity contribution is 5.86. The van der Waals surface area contributed by atoms with Crippen molar-refractivity contribution in [1.29, 1.82) is 0 Å². The van der Waals surface area contributed by atoms with Crippen molar-refractivity contribution in [3.8, 4) is 11.1 Å². The highest BCUT2D eigenvalue weighted by atomic mass is 16.5. The van der Waals surface area contributed by atoms with E-state index in [4.69, 9.17) is 14.6 Å². The van der Waals surface area contributed by atoms with Gasteiger partial charge in [-0.2, -0.15) is 0 Å². The van der Waals surface area contributed by atoms with Crippen LogP contribution < -0.4 is 10.6 Å². The van der Waals surface area contributed by atoms with E-state index < -0.39 is 30.1 Å². The molecule has 0 heterocycles. The van der Waals surface area contributed by atoms with Crippen LogP contribution in [0.25, 0.3) is 11.1 Å². The van der Waals surface area contributed by atoms with Crippen molar-refractivity contribution >= 4 is 18.0 Å². The van der Waals surface area contributed by atoms with Crippen LogP contribution in [0.5, 0.6) is 0 Å². The smallest absolute Gasteiger partial charge is 0.407 e. The van der Waals surface area contributed by atoms with E-state index in [1.807, 2.05) is 36.4 Å². The van der Waals surface area contributed by atoms with Crippen LogP contribution in [0.15, 0.2) is 48.5 Å². The molecule has 2 atom stereocenters. The summed E-state index contributed by atoms with van der Waals surface area (Å²) in [4.78, 5) is 38.0. The van der Waals surface area contributed by atoms with Crippen molar-refractivity contribution in [1.82, 2.24) is 15.5 Å². The quantitative estimate of drug-likeness (QED) is 0.461. The summed E-state index contributed by atoms with van der Waals surface area (Å²) >= 11 is 0. The number of carboxylic acid groups (broad SMARTS) is 1. The van der Waals surface area contributed by atoms with Gasteiger partial charge in [0, 0.05) is 26.1 Å². The predicted octanol–water partition coefficient (Wildman–Crippen LogP) is 2.06. The van der Waals surface area contributed by atoms with Gasteiger partial charge in [0.2, 0.25) is 5.91 Å². The van der Waals surface area contributed by atoms with E-state index >= 15 is 0 Å². The molecule has 3 N–H and O–H groups in total. The molecule has 1 aliphatic rings. The first kappa shape index (κ1) is 25.2. The highest BCUT2D eigenvalue weighted by Crippen LogP contribution is 2.44. The Bertz CT molecular complexity index is 980. The molecule has 0 bridgehead atoms. The zero-order valence-electron chi connectivity index (χ0n) is 19.6. The van der Waals surface area contributed by atoms with E-state index in [1.54, 1.807) is 19.0 Å². The van der Waals surface area contributed by atoms with Gasteiger partial charge in [-0.1, -0.05) is 48.5 Å². The molecule has 2 amide bonds. The fourth-order valence-corrected chi connectivity index (χ4v) is 4.11. The zero-order chi connectivity index (χ0) is 24.7. The lowest BCUT2D eigenvalue weighted by atomic mass is 9.98. The van der Waals surface area contributed by atoms with Crippen molar-refractivity contribution in [2.24, 2.45) is 0 Å². The summed E-state index contributed by atoms with van der Waals surface area (Å²) in [5.41, 5.74) is 4.46. The number of carbonyl (C=O) groups is 3. The minimum atomic E-state index is -1.03. The maximum Gasteiger partial charge on any atom is 0.407 e. The Morgan fingerprint density at radius 3 is 2.15 bits per heavy atom. The summed E-state index contributed by atoms with van der Waals surface area (Å²) in [6.45, 7) is 0.394. The van der Waals surface area contributed by atoms with Crippen molar-refractivity contribution in [2.75, 3.05) is 40.9 Å². The summed E-state index contributed by atoms with van der Waals surface area (Å²) in [5, 5.41) is 14.2. The van der Waals surface area contributed by atoms with Gasteiger partial charge in [0.15, 0.2) is 0 Å². The zero-order valence-corrected chi connectivity index (χ0v) is 19.6. The number of alkyl carbamates (subject to hydrolysis) is 1. The van der Waals surface area contributed by atoms with Gasteiger partial charge in [0.1, 0.15) is 12.6 Å². The Kier molecular flexibility index (Phi) is 8.61. The van der Waals surface area contributed by atoms with Crippen molar-refractivity contribution in [3.05, 3.63) is 59.7 Å². The molecule has 34 heavy (non-hydrogen) atoms. The number of hydrogen-bond donors (Lipinski definition) is 3. The average molecular weight is 470 g/mol. The highest BCUT2D eigenvalue weighted by Gasteiger charge is 2.30. The third kappa shape index (κ3) is 6.33. The first-order valence-corrected chi connectivity index (χ1v) is 11.1. The Labute approximate surface area is 199 Å². The van der Waals surface area contributed by atoms with Gasteiger partial charge in [0.05, 0.1) is 12.5 Å². The molecule has 0 spiro atoms. The van der Waals surface area contributed by atoms with Gasteiger partial charge in [0.25, 0.3) is 0 Å². The first-order chi connectivity index (χ1) is 16.3. The number of fused-ring (bicyclic) bond motifs is 3. The monoisotopic (exact) mass is 469 g/mol. The Morgan fingerprint density at radius 1 is 1.03 bits per heavy atom. The molecule has 0 radical (unpaired) electrons. The van der Waals surface area contributed by atoms with Crippen LogP contribution in [0.2, 0.25) is 0 Å². The molecule has 182 valence electrons. The first-order valence-electron chi connectivity index (χ1n) is 11.1. The number of nitrogens with one attached hydrogen (secondary N) is 2. The van der Waals surface area contributed by atoms with Gasteiger partial charge in [-0.3, -0.25) is 9.59 Å². The average Bonchev–Trinajstić information content (AvgIpc) is 3.13. The molecule has 3 rings (SSSR count). The summed E-state index contributed by atoms with van der Waals surface area (Å²) < 4.78 is 10.6. The molecule has 0 saturated carbocycles. The second-order valence-electron chi connectivity index (χ2n) is 8.49. The van der Waals surface area contributed by atoms with Crippen LogP contribution in [-0.2, 0) is 19.1 Å². The van der Waals surface area contributed by atoms with E-state index in [1.165, 1.54) is 7.11 Å². The van der Waals surface area contributed by atoms with E-state index in [0.29, 0.717) is 0 Å². The number of likely N-dealkylation sites (N-methyl/N-ethyl adjacent to an activating group) is 1. The molecule has 9 nitrogen and oxygen atoms in total. The fourth-order valence-electron chi connectivity index (χ4n) is 4.11. The van der Waals surface area contributed by atoms with Gasteiger partial charge < -0.3 is 30.1 Å². The number of hydrogen-bond acceptors (Lipinski definition) is 6. The predicted molar refractivity (Wildman–Crippen MR) is 127 cm³/mol. The maximum atomic E-state index is 12.7. The van der Waals surface area contributed by atoms with Crippen LogP contribution in [0.1, 0.15) is 23.5 Å². The van der Waals surface area contributed by atoms with Gasteiger partial charge in [-0.25, -0.2) is 4.79 Å². The van der Waals surface area contributed by atoms with E-state index in [2.05, 4.69) is 22.8 Å². The topological polar surface area (TPSA) is 117 Å². The summed E-state index contributed by atoms with van der Waals surface area (Å²) in [5.74, 6) is -1.56. The number of aliphatic carboxylic acids is 1.